The second-order valence-electron chi connectivity index (χ2n) is 9.16. The van der Waals surface area contributed by atoms with Gasteiger partial charge in [0, 0.05) is 38.5 Å². The molecule has 0 spiro atoms. The molecule has 0 saturated carbocycles. The number of hydrogen-bond acceptors (Lipinski definition) is 5. The van der Waals surface area contributed by atoms with E-state index in [0.717, 1.165) is 4.90 Å². The molecule has 3 amide bonds. The van der Waals surface area contributed by atoms with E-state index in [4.69, 9.17) is 0 Å². The summed E-state index contributed by atoms with van der Waals surface area (Å²) in [5, 5.41) is 0. The zero-order chi connectivity index (χ0) is 25.3. The van der Waals surface area contributed by atoms with Crippen LogP contribution in [0.4, 0.5) is 8.78 Å². The second kappa shape index (κ2) is 9.53. The van der Waals surface area contributed by atoms with Gasteiger partial charge in [-0.25, -0.2) is 13.8 Å². The van der Waals surface area contributed by atoms with E-state index in [0.29, 0.717) is 23.4 Å². The Morgan fingerprint density at radius 1 is 1.14 bits per heavy atom. The number of H-pyrrole nitrogens is 1. The summed E-state index contributed by atoms with van der Waals surface area (Å²) in [6.45, 7) is 0.667. The van der Waals surface area contributed by atoms with Crippen LogP contribution in [-0.4, -0.2) is 76.6 Å². The van der Waals surface area contributed by atoms with Crippen LogP contribution < -0.4 is 0 Å². The molecule has 1 aliphatic rings. The molecule has 35 heavy (non-hydrogen) atoms. The Bertz CT molecular complexity index is 1290. The Morgan fingerprint density at radius 3 is 2.60 bits per heavy atom. The lowest BCUT2D eigenvalue weighted by atomic mass is 9.75. The summed E-state index contributed by atoms with van der Waals surface area (Å²) < 4.78 is 28.4. The number of aromatic amines is 1. The summed E-state index contributed by atoms with van der Waals surface area (Å²) in [6.07, 6.45) is -0.661. The number of aromatic nitrogens is 2. The number of halogens is 2. The maximum Gasteiger partial charge on any atom is 0.241 e. The van der Waals surface area contributed by atoms with Crippen molar-refractivity contribution in [2.24, 2.45) is 0 Å². The third-order valence-corrected chi connectivity index (χ3v) is 6.33. The van der Waals surface area contributed by atoms with Crippen molar-refractivity contribution in [1.82, 2.24) is 24.7 Å². The first-order chi connectivity index (χ1) is 16.6. The Labute approximate surface area is 201 Å². The van der Waals surface area contributed by atoms with Gasteiger partial charge in [0.15, 0.2) is 0 Å². The van der Waals surface area contributed by atoms with Crippen molar-refractivity contribution in [2.75, 3.05) is 34.2 Å². The topological polar surface area (TPSA) is 89.6 Å². The molecule has 184 valence electrons. The van der Waals surface area contributed by atoms with Crippen LogP contribution in [-0.2, 0) is 26.3 Å². The number of imidazole rings is 1. The average Bonchev–Trinajstić information content (AvgIpc) is 3.29. The van der Waals surface area contributed by atoms with Gasteiger partial charge in [-0.05, 0) is 38.4 Å². The molecule has 0 bridgehead atoms. The zero-order valence-electron chi connectivity index (χ0n) is 19.8. The summed E-state index contributed by atoms with van der Waals surface area (Å²) >= 11 is 0. The standard InChI is InChI=1S/C25H27F2N5O3/c1-30(2)10-11-32-23(34)14-25(24(32)35,17-6-4-5-7-18(17)27)13-22(33)31(3)15-21-28-19-9-8-16(26)12-20(19)29-21/h4-9,12H,10-11,13-15H2,1-3H3,(H,28,29)/t25-/m1/s1. The number of imide groups is 1. The van der Waals surface area contributed by atoms with Gasteiger partial charge in [-0.15, -0.1) is 0 Å². The predicted octanol–water partition coefficient (Wildman–Crippen LogP) is 2.45. The first-order valence-corrected chi connectivity index (χ1v) is 11.2. The normalized spacial score (nSPS) is 18.2. The van der Waals surface area contributed by atoms with Crippen molar-refractivity contribution in [1.29, 1.82) is 0 Å². The molecule has 0 unspecified atom stereocenters. The molecule has 2 heterocycles. The number of carbonyl (C=O) groups is 3. The van der Waals surface area contributed by atoms with E-state index in [1.54, 1.807) is 6.07 Å². The second-order valence-corrected chi connectivity index (χ2v) is 9.16. The van der Waals surface area contributed by atoms with Gasteiger partial charge in [-0.2, -0.15) is 0 Å². The maximum atomic E-state index is 14.9. The van der Waals surface area contributed by atoms with E-state index >= 15 is 0 Å². The highest BCUT2D eigenvalue weighted by Gasteiger charge is 2.54. The van der Waals surface area contributed by atoms with E-state index in [9.17, 15) is 23.2 Å². The molecular weight excluding hydrogens is 456 g/mol. The van der Waals surface area contributed by atoms with Gasteiger partial charge in [-0.3, -0.25) is 19.3 Å². The number of carbonyl (C=O) groups excluding carboxylic acids is 3. The smallest absolute Gasteiger partial charge is 0.241 e. The van der Waals surface area contributed by atoms with Gasteiger partial charge in [0.1, 0.15) is 17.5 Å². The van der Waals surface area contributed by atoms with E-state index < -0.39 is 34.8 Å². The molecular formula is C25H27F2N5O3. The minimum atomic E-state index is -1.63. The third-order valence-electron chi connectivity index (χ3n) is 6.33. The summed E-state index contributed by atoms with van der Waals surface area (Å²) in [7, 11) is 5.18. The van der Waals surface area contributed by atoms with E-state index in [2.05, 4.69) is 9.97 Å². The zero-order valence-corrected chi connectivity index (χ0v) is 19.8. The largest absolute Gasteiger partial charge is 0.340 e. The number of likely N-dealkylation sites (N-methyl/N-ethyl adjacent to an activating group) is 1. The lowest BCUT2D eigenvalue weighted by molar-refractivity contribution is -0.142. The number of amides is 3. The minimum absolute atomic E-state index is 0.0339. The number of benzene rings is 2. The van der Waals surface area contributed by atoms with Gasteiger partial charge in [0.2, 0.25) is 17.7 Å². The fourth-order valence-electron chi connectivity index (χ4n) is 4.44. The maximum absolute atomic E-state index is 14.9. The van der Waals surface area contributed by atoms with E-state index in [1.165, 1.54) is 48.3 Å². The van der Waals surface area contributed by atoms with Crippen molar-refractivity contribution in [3.63, 3.8) is 0 Å². The fraction of sp³-hybridized carbons (Fsp3) is 0.360. The predicted molar refractivity (Wildman–Crippen MR) is 125 cm³/mol. The van der Waals surface area contributed by atoms with Crippen molar-refractivity contribution < 1.29 is 23.2 Å². The minimum Gasteiger partial charge on any atom is -0.340 e. The Kier molecular flexibility index (Phi) is 6.66. The van der Waals surface area contributed by atoms with Gasteiger partial charge in [0.25, 0.3) is 0 Å². The van der Waals surface area contributed by atoms with Crippen LogP contribution >= 0.6 is 0 Å². The van der Waals surface area contributed by atoms with Crippen LogP contribution in [0.3, 0.4) is 0 Å². The molecule has 4 rings (SSSR count). The highest BCUT2D eigenvalue weighted by Crippen LogP contribution is 2.41. The molecule has 1 aliphatic heterocycles. The first kappa shape index (κ1) is 24.5. The quantitative estimate of drug-likeness (QED) is 0.497. The number of likely N-dealkylation sites (tertiary alicyclic amines) is 1. The summed E-state index contributed by atoms with van der Waals surface area (Å²) in [5.74, 6) is -2.08. The molecule has 3 aromatic rings. The van der Waals surface area contributed by atoms with Crippen LogP contribution in [0.1, 0.15) is 24.2 Å². The van der Waals surface area contributed by atoms with Crippen molar-refractivity contribution in [3.05, 3.63) is 65.5 Å². The Hall–Kier alpha value is -3.66. The molecule has 1 saturated heterocycles. The lowest BCUT2D eigenvalue weighted by Gasteiger charge is -2.29. The molecule has 1 aromatic heterocycles. The van der Waals surface area contributed by atoms with Crippen LogP contribution in [0.5, 0.6) is 0 Å². The van der Waals surface area contributed by atoms with E-state index in [1.807, 2.05) is 19.0 Å². The molecule has 1 N–H and O–H groups in total. The van der Waals surface area contributed by atoms with Crippen molar-refractivity contribution in [3.8, 4) is 0 Å². The monoisotopic (exact) mass is 483 g/mol. The molecule has 1 atom stereocenters. The van der Waals surface area contributed by atoms with Crippen LogP contribution in [0.25, 0.3) is 11.0 Å². The van der Waals surface area contributed by atoms with Crippen molar-refractivity contribution >= 4 is 28.8 Å². The Balaban J connectivity index is 1.60. The van der Waals surface area contributed by atoms with Crippen LogP contribution in [0.2, 0.25) is 0 Å². The lowest BCUT2D eigenvalue weighted by Crippen LogP contribution is -2.44. The highest BCUT2D eigenvalue weighted by molar-refractivity contribution is 6.10. The summed E-state index contributed by atoms with van der Waals surface area (Å²) in [4.78, 5) is 51.4. The van der Waals surface area contributed by atoms with Crippen LogP contribution in [0, 0.1) is 11.6 Å². The average molecular weight is 484 g/mol. The molecule has 10 heteroatoms. The number of nitrogens with zero attached hydrogens (tertiary/aromatic N) is 4. The van der Waals surface area contributed by atoms with Gasteiger partial charge in [-0.1, -0.05) is 18.2 Å². The molecule has 2 aromatic carbocycles. The molecule has 8 nitrogen and oxygen atoms in total. The fourth-order valence-corrected chi connectivity index (χ4v) is 4.44. The van der Waals surface area contributed by atoms with Gasteiger partial charge < -0.3 is 14.8 Å². The number of fused-ring (bicyclic) bond motifs is 1. The van der Waals surface area contributed by atoms with Gasteiger partial charge >= 0.3 is 0 Å². The van der Waals surface area contributed by atoms with Crippen molar-refractivity contribution in [2.45, 2.75) is 24.8 Å². The molecule has 0 aliphatic carbocycles. The first-order valence-electron chi connectivity index (χ1n) is 11.2. The molecule has 0 radical (unpaired) electrons. The molecule has 1 fully saturated rings. The Morgan fingerprint density at radius 2 is 1.89 bits per heavy atom. The number of nitrogens with one attached hydrogen (secondary N) is 1. The third kappa shape index (κ3) is 4.79. The summed E-state index contributed by atoms with van der Waals surface area (Å²) in [6, 6.07) is 9.90. The van der Waals surface area contributed by atoms with Crippen LogP contribution in [0.15, 0.2) is 42.5 Å². The van der Waals surface area contributed by atoms with Gasteiger partial charge in [0.05, 0.1) is 23.0 Å². The van der Waals surface area contributed by atoms with E-state index in [-0.39, 0.29) is 31.5 Å². The number of hydrogen-bond donors (Lipinski definition) is 1. The number of rotatable bonds is 8. The SMILES string of the molecule is CN(C)CCN1C(=O)C[C@](CC(=O)N(C)Cc2nc3ccc(F)cc3[nH]2)(c2ccccc2F)C1=O. The highest BCUT2D eigenvalue weighted by atomic mass is 19.1. The summed E-state index contributed by atoms with van der Waals surface area (Å²) in [5.41, 5.74) is -0.543.